The van der Waals surface area contributed by atoms with E-state index in [2.05, 4.69) is 10.6 Å². The van der Waals surface area contributed by atoms with Crippen molar-refractivity contribution in [1.82, 2.24) is 5.32 Å². The van der Waals surface area contributed by atoms with Gasteiger partial charge in [-0.05, 0) is 31.9 Å². The van der Waals surface area contributed by atoms with Gasteiger partial charge in [-0.25, -0.2) is 0 Å². The fourth-order valence-corrected chi connectivity index (χ4v) is 2.82. The Hall–Kier alpha value is -1.88. The van der Waals surface area contributed by atoms with Crippen molar-refractivity contribution in [3.63, 3.8) is 0 Å². The predicted octanol–water partition coefficient (Wildman–Crippen LogP) is 2.22. The number of carbonyl (C=O) groups excluding carboxylic acids is 2. The Morgan fingerprint density at radius 3 is 2.45 bits per heavy atom. The molecular formula is C17H24N2O3. The number of hydrogen-bond acceptors (Lipinski definition) is 3. The third-order valence-corrected chi connectivity index (χ3v) is 4.09. The molecule has 1 saturated carbocycles. The molecule has 1 unspecified atom stereocenters. The van der Waals surface area contributed by atoms with Crippen molar-refractivity contribution in [2.24, 2.45) is 0 Å². The standard InChI is InChI=1S/C17H24N2O3/c1-13(16(21)19-14-8-4-2-5-9-14)18-15(20)12-17(22)10-6-3-7-11-17/h2,4-5,8-9,13,22H,3,6-7,10-12H2,1H3,(H,18,20)(H,19,21). The van der Waals surface area contributed by atoms with Gasteiger partial charge in [0.1, 0.15) is 6.04 Å². The minimum Gasteiger partial charge on any atom is -0.389 e. The molecule has 1 aliphatic rings. The number of para-hydroxylation sites is 1. The van der Waals surface area contributed by atoms with E-state index >= 15 is 0 Å². The minimum absolute atomic E-state index is 0.0654. The van der Waals surface area contributed by atoms with E-state index in [4.69, 9.17) is 0 Å². The molecule has 5 nitrogen and oxygen atoms in total. The van der Waals surface area contributed by atoms with Gasteiger partial charge in [0, 0.05) is 5.69 Å². The van der Waals surface area contributed by atoms with E-state index in [1.807, 2.05) is 18.2 Å². The van der Waals surface area contributed by atoms with Crippen LogP contribution in [0, 0.1) is 0 Å². The molecule has 0 bridgehead atoms. The van der Waals surface area contributed by atoms with E-state index < -0.39 is 11.6 Å². The van der Waals surface area contributed by atoms with Crippen molar-refractivity contribution in [3.8, 4) is 0 Å². The first-order chi connectivity index (χ1) is 10.5. The van der Waals surface area contributed by atoms with Crippen LogP contribution in [0.2, 0.25) is 0 Å². The zero-order valence-electron chi connectivity index (χ0n) is 13.0. The van der Waals surface area contributed by atoms with Crippen LogP contribution >= 0.6 is 0 Å². The van der Waals surface area contributed by atoms with E-state index in [0.717, 1.165) is 19.3 Å². The number of benzene rings is 1. The first-order valence-electron chi connectivity index (χ1n) is 7.86. The fraction of sp³-hybridized carbons (Fsp3) is 0.529. The highest BCUT2D eigenvalue weighted by molar-refractivity contribution is 5.96. The molecule has 3 N–H and O–H groups in total. The summed E-state index contributed by atoms with van der Waals surface area (Å²) in [6.45, 7) is 1.64. The Morgan fingerprint density at radius 2 is 1.82 bits per heavy atom. The van der Waals surface area contributed by atoms with Crippen LogP contribution in [0.15, 0.2) is 30.3 Å². The Kier molecular flexibility index (Phi) is 5.55. The van der Waals surface area contributed by atoms with Crippen molar-refractivity contribution in [2.45, 2.75) is 57.1 Å². The van der Waals surface area contributed by atoms with Gasteiger partial charge in [0.25, 0.3) is 0 Å². The molecule has 2 rings (SSSR count). The third kappa shape index (κ3) is 4.84. The smallest absolute Gasteiger partial charge is 0.246 e. The Bertz CT molecular complexity index is 510. The van der Waals surface area contributed by atoms with E-state index in [-0.39, 0.29) is 18.2 Å². The summed E-state index contributed by atoms with van der Waals surface area (Å²) >= 11 is 0. The average Bonchev–Trinajstić information content (AvgIpc) is 2.48. The van der Waals surface area contributed by atoms with Crippen molar-refractivity contribution in [1.29, 1.82) is 0 Å². The summed E-state index contributed by atoms with van der Waals surface area (Å²) in [6, 6.07) is 8.47. The van der Waals surface area contributed by atoms with Crippen LogP contribution in [0.25, 0.3) is 0 Å². The number of hydrogen-bond donors (Lipinski definition) is 3. The summed E-state index contributed by atoms with van der Waals surface area (Å²) in [5.41, 5.74) is -0.211. The fourth-order valence-electron chi connectivity index (χ4n) is 2.82. The van der Waals surface area contributed by atoms with Gasteiger partial charge in [0.2, 0.25) is 11.8 Å². The summed E-state index contributed by atoms with van der Waals surface area (Å²) in [6.07, 6.45) is 4.40. The molecule has 120 valence electrons. The van der Waals surface area contributed by atoms with Gasteiger partial charge in [-0.15, -0.1) is 0 Å². The number of aliphatic hydroxyl groups is 1. The summed E-state index contributed by atoms with van der Waals surface area (Å²) < 4.78 is 0. The highest BCUT2D eigenvalue weighted by Crippen LogP contribution is 2.30. The van der Waals surface area contributed by atoms with Crippen molar-refractivity contribution in [3.05, 3.63) is 30.3 Å². The maximum absolute atomic E-state index is 12.0. The zero-order chi connectivity index (χ0) is 16.0. The maximum atomic E-state index is 12.0. The lowest BCUT2D eigenvalue weighted by Gasteiger charge is -2.31. The van der Waals surface area contributed by atoms with Crippen LogP contribution < -0.4 is 10.6 Å². The molecule has 0 spiro atoms. The Morgan fingerprint density at radius 1 is 1.18 bits per heavy atom. The molecule has 0 aliphatic heterocycles. The molecule has 1 aromatic carbocycles. The van der Waals surface area contributed by atoms with Crippen LogP contribution in [-0.4, -0.2) is 28.6 Å². The molecule has 1 atom stereocenters. The minimum atomic E-state index is -0.905. The molecule has 22 heavy (non-hydrogen) atoms. The Balaban J connectivity index is 1.81. The van der Waals surface area contributed by atoms with Crippen LogP contribution in [0.1, 0.15) is 45.4 Å². The van der Waals surface area contributed by atoms with E-state index in [0.29, 0.717) is 18.5 Å². The summed E-state index contributed by atoms with van der Waals surface area (Å²) in [4.78, 5) is 24.1. The van der Waals surface area contributed by atoms with Crippen LogP contribution in [0.3, 0.4) is 0 Å². The summed E-state index contributed by atoms with van der Waals surface area (Å²) in [5, 5.41) is 15.8. The topological polar surface area (TPSA) is 78.4 Å². The first kappa shape index (κ1) is 16.5. The van der Waals surface area contributed by atoms with Gasteiger partial charge in [-0.1, -0.05) is 37.5 Å². The van der Waals surface area contributed by atoms with Gasteiger partial charge in [0.15, 0.2) is 0 Å². The molecule has 0 heterocycles. The molecule has 2 amide bonds. The van der Waals surface area contributed by atoms with Crippen LogP contribution in [-0.2, 0) is 9.59 Å². The zero-order valence-corrected chi connectivity index (χ0v) is 13.0. The Labute approximate surface area is 131 Å². The number of rotatable bonds is 5. The van der Waals surface area contributed by atoms with Crippen LogP contribution in [0.5, 0.6) is 0 Å². The van der Waals surface area contributed by atoms with Gasteiger partial charge in [-0.2, -0.15) is 0 Å². The average molecular weight is 304 g/mol. The van der Waals surface area contributed by atoms with Crippen molar-refractivity contribution >= 4 is 17.5 Å². The number of nitrogens with one attached hydrogen (secondary N) is 2. The molecule has 0 aromatic heterocycles. The highest BCUT2D eigenvalue weighted by atomic mass is 16.3. The van der Waals surface area contributed by atoms with E-state index in [9.17, 15) is 14.7 Å². The van der Waals surface area contributed by atoms with Crippen LogP contribution in [0.4, 0.5) is 5.69 Å². The second-order valence-electron chi connectivity index (χ2n) is 6.11. The number of carbonyl (C=O) groups is 2. The number of anilines is 1. The van der Waals surface area contributed by atoms with E-state index in [1.54, 1.807) is 19.1 Å². The lowest BCUT2D eigenvalue weighted by Crippen LogP contribution is -2.45. The lowest BCUT2D eigenvalue weighted by molar-refractivity contribution is -0.131. The number of amides is 2. The molecule has 1 aromatic rings. The molecular weight excluding hydrogens is 280 g/mol. The maximum Gasteiger partial charge on any atom is 0.246 e. The second kappa shape index (κ2) is 7.40. The third-order valence-electron chi connectivity index (χ3n) is 4.09. The molecule has 0 radical (unpaired) electrons. The van der Waals surface area contributed by atoms with Gasteiger partial charge >= 0.3 is 0 Å². The molecule has 1 fully saturated rings. The lowest BCUT2D eigenvalue weighted by atomic mass is 9.82. The quantitative estimate of drug-likeness (QED) is 0.780. The van der Waals surface area contributed by atoms with Gasteiger partial charge < -0.3 is 15.7 Å². The predicted molar refractivity (Wildman–Crippen MR) is 85.3 cm³/mol. The summed E-state index contributed by atoms with van der Waals surface area (Å²) in [7, 11) is 0. The first-order valence-corrected chi connectivity index (χ1v) is 7.86. The molecule has 5 heteroatoms. The van der Waals surface area contributed by atoms with Gasteiger partial charge in [-0.3, -0.25) is 9.59 Å². The SMILES string of the molecule is CC(NC(=O)CC1(O)CCCCC1)C(=O)Nc1ccccc1. The normalized spacial score (nSPS) is 18.3. The summed E-state index contributed by atoms with van der Waals surface area (Å²) in [5.74, 6) is -0.546. The van der Waals surface area contributed by atoms with Crippen molar-refractivity contribution in [2.75, 3.05) is 5.32 Å². The highest BCUT2D eigenvalue weighted by Gasteiger charge is 2.32. The largest absolute Gasteiger partial charge is 0.389 e. The van der Waals surface area contributed by atoms with Gasteiger partial charge in [0.05, 0.1) is 12.0 Å². The molecule has 1 aliphatic carbocycles. The monoisotopic (exact) mass is 304 g/mol. The molecule has 0 saturated heterocycles. The second-order valence-corrected chi connectivity index (χ2v) is 6.11. The van der Waals surface area contributed by atoms with Crippen molar-refractivity contribution < 1.29 is 14.7 Å². The van der Waals surface area contributed by atoms with E-state index in [1.165, 1.54) is 0 Å².